The topological polar surface area (TPSA) is 0 Å². The van der Waals surface area contributed by atoms with E-state index in [1.54, 1.807) is 0 Å². The fourth-order valence-corrected chi connectivity index (χ4v) is 36.5. The Morgan fingerprint density at radius 2 is 0.386 bits per heavy atom. The van der Waals surface area contributed by atoms with Crippen molar-refractivity contribution in [2.75, 3.05) is 0 Å². The second-order valence-corrected chi connectivity index (χ2v) is 49.9. The highest BCUT2D eigenvalue weighted by Gasteiger charge is 2.45. The fourth-order valence-electron chi connectivity index (χ4n) is 13.4. The SMILES string of the molecule is CC(C)[Si](C#Cc1cc(Br)c(-c2cc(Br)c(-c3cc(C#C[Si](C(C)C)(C(C)C)C(C)C)c(C#C[Si](C(C)C)(C(C)C)C(C)C)cc3Br)cc2Br)cc1C#C[Si](C(C)C)(C(C)C)C(C)C)(C(C)C)C(C)C. The minimum absolute atomic E-state index is 0.526. The largest absolute Gasteiger partial charge is 0.146 e. The zero-order valence-electron chi connectivity index (χ0n) is 47.9. The van der Waals surface area contributed by atoms with E-state index >= 15 is 0 Å². The van der Waals surface area contributed by atoms with Crippen LogP contribution in [0.15, 0.2) is 54.3 Å². The first-order valence-electron chi connectivity index (χ1n) is 26.5. The van der Waals surface area contributed by atoms with Crippen molar-refractivity contribution in [1.29, 1.82) is 0 Å². The van der Waals surface area contributed by atoms with Crippen LogP contribution in [0, 0.1) is 45.9 Å². The average molecular weight is 1270 g/mol. The molecule has 0 spiro atoms. The summed E-state index contributed by atoms with van der Waals surface area (Å²) < 4.78 is 4.02. The number of hydrogen-bond donors (Lipinski definition) is 0. The molecule has 0 unspecified atom stereocenters. The van der Waals surface area contributed by atoms with Crippen LogP contribution in [0.5, 0.6) is 0 Å². The first-order valence-corrected chi connectivity index (χ1v) is 38.6. The van der Waals surface area contributed by atoms with Crippen molar-refractivity contribution in [3.63, 3.8) is 0 Å². The van der Waals surface area contributed by atoms with E-state index in [1.165, 1.54) is 0 Å². The lowest BCUT2D eigenvalue weighted by Crippen LogP contribution is -2.43. The normalized spacial score (nSPS) is 12.8. The lowest BCUT2D eigenvalue weighted by molar-refractivity contribution is 0.838. The Morgan fingerprint density at radius 1 is 0.243 bits per heavy atom. The summed E-state index contributed by atoms with van der Waals surface area (Å²) in [6.07, 6.45) is 0. The van der Waals surface area contributed by atoms with Gasteiger partial charge in [0.2, 0.25) is 0 Å². The van der Waals surface area contributed by atoms with Crippen LogP contribution in [0.1, 0.15) is 188 Å². The minimum atomic E-state index is -2.05. The summed E-state index contributed by atoms with van der Waals surface area (Å²) in [4.78, 5) is 0. The Hall–Kier alpha value is -1.31. The van der Waals surface area contributed by atoms with Gasteiger partial charge in [0.05, 0.1) is 0 Å². The molecule has 0 saturated carbocycles. The average Bonchev–Trinajstić information content (AvgIpc) is 3.22. The van der Waals surface area contributed by atoms with Gasteiger partial charge in [0.1, 0.15) is 32.3 Å². The van der Waals surface area contributed by atoms with Crippen LogP contribution in [0.25, 0.3) is 22.3 Å². The summed E-state index contributed by atoms with van der Waals surface area (Å²) in [5.74, 6) is 15.4. The van der Waals surface area contributed by atoms with Crippen molar-refractivity contribution in [3.05, 3.63) is 76.5 Å². The van der Waals surface area contributed by atoms with E-state index in [1.807, 2.05) is 0 Å². The molecule has 382 valence electrons. The van der Waals surface area contributed by atoms with E-state index in [9.17, 15) is 0 Å². The van der Waals surface area contributed by atoms with Crippen molar-refractivity contribution >= 4 is 96.0 Å². The van der Waals surface area contributed by atoms with Crippen LogP contribution in [0.2, 0.25) is 66.5 Å². The summed E-state index contributed by atoms with van der Waals surface area (Å²) in [5, 5.41) is 0. The van der Waals surface area contributed by atoms with E-state index in [2.05, 4.69) is 312 Å². The van der Waals surface area contributed by atoms with E-state index in [0.29, 0.717) is 66.5 Å². The maximum absolute atomic E-state index is 4.13. The molecule has 0 N–H and O–H groups in total. The number of benzene rings is 3. The van der Waals surface area contributed by atoms with Gasteiger partial charge in [0, 0.05) is 40.1 Å². The summed E-state index contributed by atoms with van der Waals surface area (Å²) in [7, 11) is -8.12. The van der Waals surface area contributed by atoms with Gasteiger partial charge in [-0.05, 0) is 125 Å². The zero-order valence-corrected chi connectivity index (χ0v) is 58.2. The van der Waals surface area contributed by atoms with Gasteiger partial charge in [-0.2, -0.15) is 0 Å². The highest BCUT2D eigenvalue weighted by atomic mass is 79.9. The molecule has 3 aromatic carbocycles. The molecule has 70 heavy (non-hydrogen) atoms. The van der Waals surface area contributed by atoms with Crippen LogP contribution >= 0.6 is 63.7 Å². The van der Waals surface area contributed by atoms with Crippen molar-refractivity contribution in [2.24, 2.45) is 0 Å². The molecule has 0 heterocycles. The molecule has 0 aromatic heterocycles. The quantitative estimate of drug-likeness (QED) is 0.111. The van der Waals surface area contributed by atoms with Gasteiger partial charge in [-0.15, -0.1) is 22.2 Å². The minimum Gasteiger partial charge on any atom is -0.125 e. The van der Waals surface area contributed by atoms with Crippen molar-refractivity contribution < 1.29 is 0 Å². The number of hydrogen-bond acceptors (Lipinski definition) is 0. The third-order valence-corrected chi connectivity index (χ3v) is 44.8. The summed E-state index contributed by atoms with van der Waals surface area (Å²) in [6, 6.07) is 13.6. The van der Waals surface area contributed by atoms with Crippen molar-refractivity contribution in [1.82, 2.24) is 0 Å². The van der Waals surface area contributed by atoms with Gasteiger partial charge in [0.15, 0.2) is 0 Å². The van der Waals surface area contributed by atoms with Gasteiger partial charge in [0.25, 0.3) is 0 Å². The van der Waals surface area contributed by atoms with Crippen LogP contribution in [0.3, 0.4) is 0 Å². The molecule has 0 aliphatic rings. The predicted molar refractivity (Wildman–Crippen MR) is 340 cm³/mol. The molecular formula is C62H90Br4Si4. The summed E-state index contributed by atoms with van der Waals surface area (Å²) in [5.41, 5.74) is 31.0. The van der Waals surface area contributed by atoms with E-state index in [4.69, 9.17) is 0 Å². The molecule has 0 radical (unpaired) electrons. The van der Waals surface area contributed by atoms with Crippen molar-refractivity contribution in [2.45, 2.75) is 233 Å². The second-order valence-electron chi connectivity index (χ2n) is 24.2. The van der Waals surface area contributed by atoms with Crippen molar-refractivity contribution in [3.8, 4) is 68.1 Å². The fraction of sp³-hybridized carbons (Fsp3) is 0.581. The molecule has 0 atom stereocenters. The van der Waals surface area contributed by atoms with Crippen LogP contribution in [-0.2, 0) is 0 Å². The first kappa shape index (κ1) is 63.0. The molecule has 0 saturated heterocycles. The van der Waals surface area contributed by atoms with Gasteiger partial charge < -0.3 is 0 Å². The molecule has 0 fully saturated rings. The first-order chi connectivity index (χ1) is 32.2. The summed E-state index contributed by atoms with van der Waals surface area (Å²) in [6.45, 7) is 57.4. The number of halogens is 4. The van der Waals surface area contributed by atoms with Gasteiger partial charge in [-0.25, -0.2) is 0 Å². The lowest BCUT2D eigenvalue weighted by atomic mass is 9.95. The molecule has 8 heteroatoms. The summed E-state index contributed by atoms with van der Waals surface area (Å²) >= 11 is 16.4. The Morgan fingerprint density at radius 3 is 0.557 bits per heavy atom. The predicted octanol–water partition coefficient (Wildman–Crippen LogP) is 22.3. The van der Waals surface area contributed by atoms with Crippen LogP contribution < -0.4 is 0 Å². The highest BCUT2D eigenvalue weighted by Crippen LogP contribution is 2.47. The zero-order chi connectivity index (χ0) is 53.8. The molecule has 0 aliphatic heterocycles. The Balaban J connectivity index is 2.53. The number of rotatable bonds is 14. The molecular weight excluding hydrogens is 1180 g/mol. The smallest absolute Gasteiger partial charge is 0.125 e. The maximum Gasteiger partial charge on any atom is 0.146 e. The van der Waals surface area contributed by atoms with Gasteiger partial charge >= 0.3 is 0 Å². The van der Waals surface area contributed by atoms with Gasteiger partial charge in [-0.3, -0.25) is 0 Å². The molecule has 3 rings (SSSR count). The van der Waals surface area contributed by atoms with Gasteiger partial charge in [-0.1, -0.05) is 254 Å². The molecule has 0 amide bonds. The second kappa shape index (κ2) is 25.5. The van der Waals surface area contributed by atoms with E-state index in [0.717, 1.165) is 62.4 Å². The monoisotopic (exact) mass is 1260 g/mol. The lowest BCUT2D eigenvalue weighted by Gasteiger charge is -2.38. The van der Waals surface area contributed by atoms with E-state index in [-0.39, 0.29) is 0 Å². The highest BCUT2D eigenvalue weighted by molar-refractivity contribution is 9.11. The van der Waals surface area contributed by atoms with E-state index < -0.39 is 32.3 Å². The van der Waals surface area contributed by atoms with Crippen LogP contribution in [-0.4, -0.2) is 32.3 Å². The molecule has 3 aromatic rings. The van der Waals surface area contributed by atoms with Crippen LogP contribution in [0.4, 0.5) is 0 Å². The Bertz CT molecular complexity index is 2310. The third-order valence-electron chi connectivity index (χ3n) is 17.0. The molecule has 0 bridgehead atoms. The molecule has 0 nitrogen and oxygen atoms in total. The third kappa shape index (κ3) is 12.7. The standard InChI is InChI=1S/C62H90Br4Si4/c1-39(2)67(40(3)4,41(5)6)29-25-51-33-55(59(63)35-53(51)27-31-69(45(13)14,46(15)16)47(17)18)57-37-62(66)58(38-61(57)65)56-34-52(26-30-68(42(7)8,43(9)10)44(11)12)54(36-60(56)64)28-32-70(48(19)20,49(21)22)50(23)24/h33-50H,1-24H3. The Labute approximate surface area is 469 Å². The Kier molecular flexibility index (Phi) is 22.9. The maximum atomic E-state index is 4.13. The molecule has 0 aliphatic carbocycles.